The molecule has 2 N–H and O–H groups in total. The number of benzene rings is 1. The van der Waals surface area contributed by atoms with Gasteiger partial charge in [-0.2, -0.15) is 5.10 Å². The summed E-state index contributed by atoms with van der Waals surface area (Å²) in [6.45, 7) is 5.59. The molecular weight excluding hydrogens is 306 g/mol. The second kappa shape index (κ2) is 7.29. The summed E-state index contributed by atoms with van der Waals surface area (Å²) in [6.07, 6.45) is 2.52. The molecule has 0 unspecified atom stereocenters. The minimum Gasteiger partial charge on any atom is -0.481 e. The number of hydrogen-bond donors (Lipinski definition) is 2. The van der Waals surface area contributed by atoms with Gasteiger partial charge in [0.1, 0.15) is 0 Å². The molecule has 128 valence electrons. The van der Waals surface area contributed by atoms with Crippen molar-refractivity contribution in [3.05, 3.63) is 47.8 Å². The Labute approximate surface area is 141 Å². The zero-order valence-corrected chi connectivity index (χ0v) is 14.2. The van der Waals surface area contributed by atoms with E-state index >= 15 is 0 Å². The third-order valence-electron chi connectivity index (χ3n) is 4.48. The van der Waals surface area contributed by atoms with E-state index in [2.05, 4.69) is 10.4 Å². The third-order valence-corrected chi connectivity index (χ3v) is 4.48. The molecule has 1 aromatic carbocycles. The lowest BCUT2D eigenvalue weighted by Gasteiger charge is -2.31. The van der Waals surface area contributed by atoms with E-state index in [0.29, 0.717) is 18.4 Å². The predicted molar refractivity (Wildman–Crippen MR) is 91.3 cm³/mol. The molecule has 0 radical (unpaired) electrons. The first kappa shape index (κ1) is 17.7. The lowest BCUT2D eigenvalue weighted by atomic mass is 9.88. The molecule has 1 heterocycles. The standard InChI is InChI=1S/C18H23N3O3/c1-4-18(5-2,11-16(22)23)20-17(24)15-12-19-21(13(15)3)14-9-7-6-8-10-14/h6-10,12H,4-5,11H2,1-3H3,(H,20,24)(H,22,23). The summed E-state index contributed by atoms with van der Waals surface area (Å²) in [4.78, 5) is 23.8. The van der Waals surface area contributed by atoms with Crippen molar-refractivity contribution >= 4 is 11.9 Å². The number of carboxylic acid groups (broad SMARTS) is 1. The number of aromatic nitrogens is 2. The minimum atomic E-state index is -0.921. The molecular formula is C18H23N3O3. The van der Waals surface area contributed by atoms with Crippen molar-refractivity contribution in [3.63, 3.8) is 0 Å². The summed E-state index contributed by atoms with van der Waals surface area (Å²) in [5, 5.41) is 16.3. The van der Waals surface area contributed by atoms with Crippen LogP contribution in [-0.4, -0.2) is 32.3 Å². The first-order valence-electron chi connectivity index (χ1n) is 8.07. The molecule has 0 aliphatic heterocycles. The Morgan fingerprint density at radius 3 is 2.38 bits per heavy atom. The van der Waals surface area contributed by atoms with E-state index in [1.165, 1.54) is 6.20 Å². The second-order valence-corrected chi connectivity index (χ2v) is 5.90. The number of nitrogens with zero attached hydrogens (tertiary/aromatic N) is 2. The molecule has 6 heteroatoms. The van der Waals surface area contributed by atoms with E-state index < -0.39 is 11.5 Å². The van der Waals surface area contributed by atoms with Gasteiger partial charge >= 0.3 is 5.97 Å². The minimum absolute atomic E-state index is 0.0996. The third kappa shape index (κ3) is 3.64. The van der Waals surface area contributed by atoms with Gasteiger partial charge in [0.25, 0.3) is 5.91 Å². The predicted octanol–water partition coefficient (Wildman–Crippen LogP) is 2.94. The highest BCUT2D eigenvalue weighted by atomic mass is 16.4. The lowest BCUT2D eigenvalue weighted by molar-refractivity contribution is -0.138. The molecule has 1 aromatic heterocycles. The molecule has 1 amide bonds. The fraction of sp³-hybridized carbons (Fsp3) is 0.389. The van der Waals surface area contributed by atoms with Crippen LogP contribution in [0, 0.1) is 6.92 Å². The Hall–Kier alpha value is -2.63. The van der Waals surface area contributed by atoms with Gasteiger partial charge < -0.3 is 10.4 Å². The lowest BCUT2D eigenvalue weighted by Crippen LogP contribution is -2.49. The van der Waals surface area contributed by atoms with Crippen LogP contribution in [0.1, 0.15) is 49.2 Å². The van der Waals surface area contributed by atoms with Crippen molar-refractivity contribution in [3.8, 4) is 5.69 Å². The van der Waals surface area contributed by atoms with Crippen LogP contribution in [0.2, 0.25) is 0 Å². The van der Waals surface area contributed by atoms with Crippen LogP contribution in [0.4, 0.5) is 0 Å². The number of amides is 1. The van der Waals surface area contributed by atoms with Gasteiger partial charge in [0, 0.05) is 0 Å². The number of aliphatic carboxylic acids is 1. The molecule has 24 heavy (non-hydrogen) atoms. The number of para-hydroxylation sites is 1. The summed E-state index contributed by atoms with van der Waals surface area (Å²) in [6, 6.07) is 9.55. The summed E-state index contributed by atoms with van der Waals surface area (Å²) in [7, 11) is 0. The monoisotopic (exact) mass is 329 g/mol. The van der Waals surface area contributed by atoms with Crippen LogP contribution >= 0.6 is 0 Å². The average Bonchev–Trinajstić information content (AvgIpc) is 2.96. The Morgan fingerprint density at radius 1 is 1.21 bits per heavy atom. The van der Waals surface area contributed by atoms with E-state index in [0.717, 1.165) is 11.4 Å². The topological polar surface area (TPSA) is 84.2 Å². The molecule has 0 atom stereocenters. The number of carbonyl (C=O) groups excluding carboxylic acids is 1. The summed E-state index contributed by atoms with van der Waals surface area (Å²) in [5.74, 6) is -1.21. The van der Waals surface area contributed by atoms with Crippen LogP contribution in [0.25, 0.3) is 5.69 Å². The maximum absolute atomic E-state index is 12.7. The highest BCUT2D eigenvalue weighted by Crippen LogP contribution is 2.22. The maximum Gasteiger partial charge on any atom is 0.305 e. The first-order valence-corrected chi connectivity index (χ1v) is 8.07. The van der Waals surface area contributed by atoms with Crippen LogP contribution in [-0.2, 0) is 4.79 Å². The average molecular weight is 329 g/mol. The van der Waals surface area contributed by atoms with Gasteiger partial charge in [-0.3, -0.25) is 9.59 Å². The number of carbonyl (C=O) groups is 2. The molecule has 0 spiro atoms. The molecule has 0 aliphatic rings. The molecule has 6 nitrogen and oxygen atoms in total. The van der Waals surface area contributed by atoms with E-state index in [4.69, 9.17) is 5.11 Å². The van der Waals surface area contributed by atoms with E-state index in [-0.39, 0.29) is 12.3 Å². The van der Waals surface area contributed by atoms with E-state index in [1.54, 1.807) is 4.68 Å². The van der Waals surface area contributed by atoms with Crippen molar-refractivity contribution in [2.24, 2.45) is 0 Å². The summed E-state index contributed by atoms with van der Waals surface area (Å²) >= 11 is 0. The van der Waals surface area contributed by atoms with Crippen molar-refractivity contribution in [2.75, 3.05) is 0 Å². The van der Waals surface area contributed by atoms with Crippen LogP contribution in [0.5, 0.6) is 0 Å². The van der Waals surface area contributed by atoms with Gasteiger partial charge in [0.2, 0.25) is 0 Å². The van der Waals surface area contributed by atoms with E-state index in [9.17, 15) is 9.59 Å². The molecule has 0 saturated heterocycles. The molecule has 2 rings (SSSR count). The van der Waals surface area contributed by atoms with Crippen LogP contribution < -0.4 is 5.32 Å². The molecule has 0 aliphatic carbocycles. The zero-order chi connectivity index (χ0) is 17.7. The Balaban J connectivity index is 2.27. The van der Waals surface area contributed by atoms with Crippen molar-refractivity contribution in [2.45, 2.75) is 45.6 Å². The van der Waals surface area contributed by atoms with E-state index in [1.807, 2.05) is 51.1 Å². The maximum atomic E-state index is 12.7. The SMILES string of the molecule is CCC(CC)(CC(=O)O)NC(=O)c1cnn(-c2ccccc2)c1C. The van der Waals surface area contributed by atoms with Gasteiger partial charge in [0.15, 0.2) is 0 Å². The smallest absolute Gasteiger partial charge is 0.305 e. The summed E-state index contributed by atoms with van der Waals surface area (Å²) < 4.78 is 1.70. The number of nitrogens with one attached hydrogen (secondary N) is 1. The largest absolute Gasteiger partial charge is 0.481 e. The molecule has 0 fully saturated rings. The number of rotatable bonds is 7. The Bertz CT molecular complexity index is 718. The highest BCUT2D eigenvalue weighted by molar-refractivity contribution is 5.96. The summed E-state index contributed by atoms with van der Waals surface area (Å²) in [5.41, 5.74) is 1.30. The van der Waals surface area contributed by atoms with Gasteiger partial charge in [0.05, 0.1) is 35.1 Å². The van der Waals surface area contributed by atoms with Crippen LogP contribution in [0.3, 0.4) is 0 Å². The van der Waals surface area contributed by atoms with Gasteiger partial charge in [-0.25, -0.2) is 4.68 Å². The number of hydrogen-bond acceptors (Lipinski definition) is 3. The Morgan fingerprint density at radius 2 is 1.83 bits per heavy atom. The fourth-order valence-corrected chi connectivity index (χ4v) is 2.78. The quantitative estimate of drug-likeness (QED) is 0.818. The normalized spacial score (nSPS) is 11.3. The van der Waals surface area contributed by atoms with Gasteiger partial charge in [-0.1, -0.05) is 32.0 Å². The molecule has 0 saturated carbocycles. The van der Waals surface area contributed by atoms with Crippen LogP contribution in [0.15, 0.2) is 36.5 Å². The Kier molecular flexibility index (Phi) is 5.39. The molecule has 0 bridgehead atoms. The van der Waals surface area contributed by atoms with Gasteiger partial charge in [-0.15, -0.1) is 0 Å². The van der Waals surface area contributed by atoms with Gasteiger partial charge in [-0.05, 0) is 31.9 Å². The van der Waals surface area contributed by atoms with Crippen molar-refractivity contribution in [1.82, 2.24) is 15.1 Å². The zero-order valence-electron chi connectivity index (χ0n) is 14.2. The first-order chi connectivity index (χ1) is 11.4. The number of carboxylic acids is 1. The molecule has 2 aromatic rings. The highest BCUT2D eigenvalue weighted by Gasteiger charge is 2.32. The van der Waals surface area contributed by atoms with Crippen molar-refractivity contribution < 1.29 is 14.7 Å². The fourth-order valence-electron chi connectivity index (χ4n) is 2.78. The van der Waals surface area contributed by atoms with Crippen molar-refractivity contribution in [1.29, 1.82) is 0 Å². The second-order valence-electron chi connectivity index (χ2n) is 5.90.